The fourth-order valence-corrected chi connectivity index (χ4v) is 4.85. The Morgan fingerprint density at radius 2 is 1.82 bits per heavy atom. The van der Waals surface area contributed by atoms with Gasteiger partial charge in [-0.15, -0.1) is 0 Å². The third-order valence-corrected chi connectivity index (χ3v) is 7.06. The molecular formula is C25H36O3. The van der Waals surface area contributed by atoms with Gasteiger partial charge in [-0.2, -0.15) is 0 Å². The van der Waals surface area contributed by atoms with E-state index < -0.39 is 11.5 Å². The molecule has 3 aliphatic rings. The Balaban J connectivity index is 1.95. The molecule has 0 bridgehead atoms. The van der Waals surface area contributed by atoms with Crippen molar-refractivity contribution in [1.29, 1.82) is 0 Å². The van der Waals surface area contributed by atoms with Crippen LogP contribution in [-0.2, 0) is 9.53 Å². The van der Waals surface area contributed by atoms with Gasteiger partial charge in [0, 0.05) is 17.3 Å². The quantitative estimate of drug-likeness (QED) is 0.548. The molecule has 28 heavy (non-hydrogen) atoms. The number of ketones is 1. The summed E-state index contributed by atoms with van der Waals surface area (Å²) in [6.07, 6.45) is 11.6. The fourth-order valence-electron chi connectivity index (χ4n) is 4.85. The third kappa shape index (κ3) is 4.05. The lowest BCUT2D eigenvalue weighted by molar-refractivity contribution is -0.127. The second-order valence-corrected chi connectivity index (χ2v) is 9.38. The van der Waals surface area contributed by atoms with Gasteiger partial charge in [0.25, 0.3) is 0 Å². The average Bonchev–Trinajstić information content (AvgIpc) is 3.13. The maximum Gasteiger partial charge on any atom is 0.204 e. The number of ether oxygens (including phenoxy) is 1. The standard InChI is InChI=1S/C25H36O3/c1-16-7-6-8-17(2)13-14-25(5)20(11-10-18(3)21(26)12-9-16)22-19(4)15-28-23(22)24(25)27/h7,10,13,19-21,26H,6,8-9,11-12,14-15H2,1-5H3/b16-7-,17-13+,18-10+/t19-,20-,21?,25+/m1/s1. The lowest BCUT2D eigenvalue weighted by Crippen LogP contribution is -2.33. The summed E-state index contributed by atoms with van der Waals surface area (Å²) >= 11 is 0. The van der Waals surface area contributed by atoms with Crippen molar-refractivity contribution in [2.75, 3.05) is 6.61 Å². The van der Waals surface area contributed by atoms with Crippen LogP contribution >= 0.6 is 0 Å². The van der Waals surface area contributed by atoms with E-state index in [0.29, 0.717) is 18.3 Å². The molecule has 3 nitrogen and oxygen atoms in total. The number of aliphatic hydroxyl groups excluding tert-OH is 1. The summed E-state index contributed by atoms with van der Waals surface area (Å²) in [4.78, 5) is 13.3. The van der Waals surface area contributed by atoms with E-state index in [1.165, 1.54) is 16.7 Å². The van der Waals surface area contributed by atoms with Crippen LogP contribution in [0.25, 0.3) is 0 Å². The zero-order valence-corrected chi connectivity index (χ0v) is 18.2. The Labute approximate surface area is 170 Å². The van der Waals surface area contributed by atoms with E-state index in [1.54, 1.807) is 0 Å². The number of allylic oxidation sites excluding steroid dienone is 6. The first kappa shape index (κ1) is 21.1. The number of aliphatic hydroxyl groups is 1. The number of Topliss-reactive ketones (excluding diaryl/α,β-unsaturated/α-hetero) is 1. The zero-order chi connectivity index (χ0) is 20.5. The van der Waals surface area contributed by atoms with Gasteiger partial charge >= 0.3 is 0 Å². The monoisotopic (exact) mass is 384 g/mol. The minimum atomic E-state index is -0.450. The number of carbonyl (C=O) groups is 1. The fraction of sp³-hybridized carbons (Fsp3) is 0.640. The van der Waals surface area contributed by atoms with Crippen LogP contribution in [0.2, 0.25) is 0 Å². The molecule has 1 unspecified atom stereocenters. The van der Waals surface area contributed by atoms with Crippen LogP contribution in [0.3, 0.4) is 0 Å². The van der Waals surface area contributed by atoms with Gasteiger partial charge in [-0.3, -0.25) is 4.79 Å². The second-order valence-electron chi connectivity index (χ2n) is 9.38. The highest BCUT2D eigenvalue weighted by Crippen LogP contribution is 2.53. The highest BCUT2D eigenvalue weighted by atomic mass is 16.5. The molecule has 0 radical (unpaired) electrons. The van der Waals surface area contributed by atoms with Gasteiger partial charge in [-0.05, 0) is 70.4 Å². The molecule has 154 valence electrons. The molecule has 1 aliphatic heterocycles. The number of hydrogen-bond acceptors (Lipinski definition) is 3. The van der Waals surface area contributed by atoms with Crippen LogP contribution in [0.5, 0.6) is 0 Å². The summed E-state index contributed by atoms with van der Waals surface area (Å²) in [6, 6.07) is 0. The first-order chi connectivity index (χ1) is 13.2. The maximum absolute atomic E-state index is 13.3. The molecule has 0 amide bonds. The van der Waals surface area contributed by atoms with Gasteiger partial charge in [0.2, 0.25) is 5.78 Å². The molecule has 0 saturated carbocycles. The van der Waals surface area contributed by atoms with E-state index in [9.17, 15) is 9.90 Å². The molecule has 0 aromatic rings. The summed E-state index contributed by atoms with van der Waals surface area (Å²) in [5.41, 5.74) is 4.47. The summed E-state index contributed by atoms with van der Waals surface area (Å²) in [5.74, 6) is 1.26. The van der Waals surface area contributed by atoms with Crippen LogP contribution in [0.15, 0.2) is 46.3 Å². The molecule has 0 aromatic carbocycles. The third-order valence-electron chi connectivity index (χ3n) is 7.06. The first-order valence-corrected chi connectivity index (χ1v) is 10.8. The molecule has 0 spiro atoms. The van der Waals surface area contributed by atoms with Gasteiger partial charge in [-0.1, -0.05) is 43.2 Å². The van der Waals surface area contributed by atoms with Crippen molar-refractivity contribution in [1.82, 2.24) is 0 Å². The van der Waals surface area contributed by atoms with E-state index in [2.05, 4.69) is 45.9 Å². The highest BCUT2D eigenvalue weighted by Gasteiger charge is 2.54. The van der Waals surface area contributed by atoms with E-state index >= 15 is 0 Å². The van der Waals surface area contributed by atoms with Gasteiger partial charge in [0.15, 0.2) is 5.76 Å². The summed E-state index contributed by atoms with van der Waals surface area (Å²) in [6.45, 7) is 11.2. The summed E-state index contributed by atoms with van der Waals surface area (Å²) in [7, 11) is 0. The van der Waals surface area contributed by atoms with Crippen LogP contribution in [0, 0.1) is 17.3 Å². The van der Waals surface area contributed by atoms with Crippen LogP contribution in [0.4, 0.5) is 0 Å². The number of carbonyl (C=O) groups excluding carboxylic acids is 1. The zero-order valence-electron chi connectivity index (χ0n) is 18.2. The molecule has 1 heterocycles. The number of hydrogen-bond donors (Lipinski definition) is 1. The SMILES string of the molecule is C/C1=C/CC/C(C)=C/C[C@]2(C)C(=O)C3=C([C@H](C)CO3)[C@H]2C/C=C(\C)C(O)CC1. The Bertz CT molecular complexity index is 752. The number of rotatable bonds is 0. The van der Waals surface area contributed by atoms with Crippen molar-refractivity contribution in [3.05, 3.63) is 46.3 Å². The Hall–Kier alpha value is -1.61. The van der Waals surface area contributed by atoms with Crippen molar-refractivity contribution in [2.45, 2.75) is 79.2 Å². The van der Waals surface area contributed by atoms with Crippen molar-refractivity contribution >= 4 is 5.78 Å². The minimum absolute atomic E-state index is 0.156. The van der Waals surface area contributed by atoms with Crippen molar-refractivity contribution in [2.24, 2.45) is 17.3 Å². The lowest BCUT2D eigenvalue weighted by Gasteiger charge is -2.32. The van der Waals surface area contributed by atoms with Crippen LogP contribution in [0.1, 0.15) is 73.1 Å². The lowest BCUT2D eigenvalue weighted by atomic mass is 9.70. The molecule has 2 aliphatic carbocycles. The highest BCUT2D eigenvalue weighted by molar-refractivity contribution is 6.02. The molecule has 3 rings (SSSR count). The Morgan fingerprint density at radius 1 is 1.11 bits per heavy atom. The smallest absolute Gasteiger partial charge is 0.204 e. The van der Waals surface area contributed by atoms with E-state index in [0.717, 1.165) is 44.1 Å². The Morgan fingerprint density at radius 3 is 2.57 bits per heavy atom. The van der Waals surface area contributed by atoms with E-state index in [-0.39, 0.29) is 11.7 Å². The van der Waals surface area contributed by atoms with E-state index in [1.807, 2.05) is 6.92 Å². The number of fused-ring (bicyclic) bond motifs is 2. The maximum atomic E-state index is 13.3. The van der Waals surface area contributed by atoms with Gasteiger partial charge in [-0.25, -0.2) is 0 Å². The summed E-state index contributed by atoms with van der Waals surface area (Å²) in [5, 5.41) is 10.6. The Kier molecular flexibility index (Phi) is 6.34. The van der Waals surface area contributed by atoms with Crippen molar-refractivity contribution < 1.29 is 14.6 Å². The molecule has 1 N–H and O–H groups in total. The average molecular weight is 385 g/mol. The van der Waals surface area contributed by atoms with Crippen molar-refractivity contribution in [3.8, 4) is 0 Å². The molecule has 4 atom stereocenters. The second kappa shape index (κ2) is 8.41. The summed E-state index contributed by atoms with van der Waals surface area (Å²) < 4.78 is 5.83. The molecular weight excluding hydrogens is 348 g/mol. The molecule has 0 fully saturated rings. The van der Waals surface area contributed by atoms with Gasteiger partial charge < -0.3 is 9.84 Å². The predicted octanol–water partition coefficient (Wildman–Crippen LogP) is 5.67. The predicted molar refractivity (Wildman–Crippen MR) is 114 cm³/mol. The van der Waals surface area contributed by atoms with Crippen molar-refractivity contribution in [3.63, 3.8) is 0 Å². The normalized spacial score (nSPS) is 40.7. The largest absolute Gasteiger partial charge is 0.489 e. The van der Waals surface area contributed by atoms with Crippen LogP contribution < -0.4 is 0 Å². The minimum Gasteiger partial charge on any atom is -0.489 e. The van der Waals surface area contributed by atoms with Gasteiger partial charge in [0.05, 0.1) is 12.7 Å². The van der Waals surface area contributed by atoms with Crippen LogP contribution in [-0.4, -0.2) is 23.6 Å². The van der Waals surface area contributed by atoms with E-state index in [4.69, 9.17) is 4.74 Å². The molecule has 0 saturated heterocycles. The molecule has 0 aromatic heterocycles. The van der Waals surface area contributed by atoms with Gasteiger partial charge in [0.1, 0.15) is 0 Å². The molecule has 3 heteroatoms. The first-order valence-electron chi connectivity index (χ1n) is 10.8. The topological polar surface area (TPSA) is 46.5 Å².